The number of anilines is 1. The Morgan fingerprint density at radius 3 is 2.85 bits per heavy atom. The van der Waals surface area contributed by atoms with Gasteiger partial charge in [-0.1, -0.05) is 13.8 Å². The highest BCUT2D eigenvalue weighted by Gasteiger charge is 2.35. The van der Waals surface area contributed by atoms with Crippen LogP contribution in [-0.2, 0) is 10.0 Å². The van der Waals surface area contributed by atoms with Gasteiger partial charge in [-0.3, -0.25) is 0 Å². The van der Waals surface area contributed by atoms with Crippen molar-refractivity contribution in [1.29, 1.82) is 0 Å². The normalized spacial score (nSPS) is 19.8. The zero-order chi connectivity index (χ0) is 14.8. The Bertz CT molecular complexity index is 570. The molecule has 112 valence electrons. The maximum atomic E-state index is 12.8. The van der Waals surface area contributed by atoms with E-state index in [1.54, 1.807) is 22.6 Å². The summed E-state index contributed by atoms with van der Waals surface area (Å²) in [4.78, 5) is 4.43. The van der Waals surface area contributed by atoms with E-state index in [2.05, 4.69) is 24.1 Å². The molecule has 0 spiro atoms. The smallest absolute Gasteiger partial charge is 0.246 e. The first-order chi connectivity index (χ1) is 9.37. The van der Waals surface area contributed by atoms with Crippen LogP contribution in [0.25, 0.3) is 0 Å². The molecule has 1 aromatic rings. The molecule has 1 saturated heterocycles. The molecule has 1 aliphatic heterocycles. The molecule has 0 bridgehead atoms. The summed E-state index contributed by atoms with van der Waals surface area (Å²) in [6.45, 7) is 7.95. The fraction of sp³-hybridized carbons (Fsp3) is 0.643. The molecule has 0 saturated carbocycles. The lowest BCUT2D eigenvalue weighted by molar-refractivity contribution is 0.187. The number of sulfonamides is 1. The number of hydrogen-bond acceptors (Lipinski definition) is 4. The van der Waals surface area contributed by atoms with Crippen LogP contribution in [0, 0.1) is 5.41 Å². The molecule has 0 unspecified atom stereocenters. The third-order valence-corrected chi connectivity index (χ3v) is 5.47. The summed E-state index contributed by atoms with van der Waals surface area (Å²) >= 11 is 0. The van der Waals surface area contributed by atoms with Gasteiger partial charge in [-0.05, 0) is 37.3 Å². The summed E-state index contributed by atoms with van der Waals surface area (Å²) in [5, 5.41) is 3.03. The molecule has 5 nitrogen and oxygen atoms in total. The molecule has 1 aliphatic rings. The number of nitrogens with one attached hydrogen (secondary N) is 1. The minimum absolute atomic E-state index is 0.0336. The lowest BCUT2D eigenvalue weighted by Gasteiger charge is -2.37. The molecule has 0 aromatic carbocycles. The van der Waals surface area contributed by atoms with Gasteiger partial charge in [0.05, 0.1) is 0 Å². The quantitative estimate of drug-likeness (QED) is 0.926. The van der Waals surface area contributed by atoms with Gasteiger partial charge in [0.15, 0.2) is 0 Å². The molecule has 1 fully saturated rings. The van der Waals surface area contributed by atoms with Crippen molar-refractivity contribution in [1.82, 2.24) is 9.29 Å². The second kappa shape index (κ2) is 5.69. The monoisotopic (exact) mass is 297 g/mol. The molecular weight excluding hydrogens is 274 g/mol. The molecular formula is C14H23N3O2S. The zero-order valence-corrected chi connectivity index (χ0v) is 13.2. The minimum Gasteiger partial charge on any atom is -0.369 e. The van der Waals surface area contributed by atoms with Gasteiger partial charge in [0.2, 0.25) is 10.0 Å². The molecule has 1 N–H and O–H groups in total. The third-order valence-electron chi connectivity index (χ3n) is 3.60. The fourth-order valence-electron chi connectivity index (χ4n) is 2.61. The molecule has 1 aromatic heterocycles. The number of pyridine rings is 1. The SMILES string of the molecule is CCNc1ncccc1S(=O)(=O)N1CCCC(C)(C)C1. The number of rotatable bonds is 4. The summed E-state index contributed by atoms with van der Waals surface area (Å²) in [5.74, 6) is 0.443. The van der Waals surface area contributed by atoms with Gasteiger partial charge < -0.3 is 5.32 Å². The first-order valence-corrected chi connectivity index (χ1v) is 8.50. The van der Waals surface area contributed by atoms with Gasteiger partial charge in [-0.15, -0.1) is 0 Å². The highest BCUT2D eigenvalue weighted by atomic mass is 32.2. The standard InChI is InChI=1S/C14H23N3O2S/c1-4-15-13-12(7-5-9-16-13)20(18,19)17-10-6-8-14(2,3)11-17/h5,7,9H,4,6,8,10-11H2,1-3H3,(H,15,16). The van der Waals surface area contributed by atoms with Crippen molar-refractivity contribution >= 4 is 15.8 Å². The Balaban J connectivity index is 2.35. The van der Waals surface area contributed by atoms with Crippen LogP contribution in [0.1, 0.15) is 33.6 Å². The summed E-state index contributed by atoms with van der Waals surface area (Å²) in [6.07, 6.45) is 3.58. The van der Waals surface area contributed by atoms with Crippen molar-refractivity contribution in [2.24, 2.45) is 5.41 Å². The average molecular weight is 297 g/mol. The van der Waals surface area contributed by atoms with Gasteiger partial charge in [0, 0.05) is 25.8 Å². The van der Waals surface area contributed by atoms with Crippen LogP contribution >= 0.6 is 0 Å². The number of nitrogens with zero attached hydrogens (tertiary/aromatic N) is 2. The summed E-state index contributed by atoms with van der Waals surface area (Å²) in [5.41, 5.74) is 0.0336. The van der Waals surface area contributed by atoms with E-state index in [9.17, 15) is 8.42 Å². The Labute approximate surface area is 121 Å². The van der Waals surface area contributed by atoms with E-state index < -0.39 is 10.0 Å². The van der Waals surface area contributed by atoms with Gasteiger partial charge in [0.25, 0.3) is 0 Å². The van der Waals surface area contributed by atoms with Crippen molar-refractivity contribution in [3.63, 3.8) is 0 Å². The Morgan fingerprint density at radius 1 is 1.45 bits per heavy atom. The highest BCUT2D eigenvalue weighted by molar-refractivity contribution is 7.89. The van der Waals surface area contributed by atoms with Crippen LogP contribution < -0.4 is 5.32 Å². The van der Waals surface area contributed by atoms with Crippen LogP contribution in [0.2, 0.25) is 0 Å². The highest BCUT2D eigenvalue weighted by Crippen LogP contribution is 2.33. The number of piperidine rings is 1. The van der Waals surface area contributed by atoms with Gasteiger partial charge in [-0.2, -0.15) is 4.31 Å². The van der Waals surface area contributed by atoms with E-state index in [0.717, 1.165) is 12.8 Å². The average Bonchev–Trinajstić information content (AvgIpc) is 2.38. The van der Waals surface area contributed by atoms with Crippen LogP contribution in [-0.4, -0.2) is 37.3 Å². The number of aromatic nitrogens is 1. The minimum atomic E-state index is -3.48. The summed E-state index contributed by atoms with van der Waals surface area (Å²) < 4.78 is 27.2. The molecule has 20 heavy (non-hydrogen) atoms. The maximum Gasteiger partial charge on any atom is 0.246 e. The molecule has 6 heteroatoms. The second-order valence-electron chi connectivity index (χ2n) is 5.99. The van der Waals surface area contributed by atoms with Gasteiger partial charge in [0.1, 0.15) is 10.7 Å². The summed E-state index contributed by atoms with van der Waals surface area (Å²) in [6, 6.07) is 3.30. The topological polar surface area (TPSA) is 62.3 Å². The van der Waals surface area contributed by atoms with Crippen molar-refractivity contribution in [3.8, 4) is 0 Å². The molecule has 0 radical (unpaired) electrons. The predicted molar refractivity (Wildman–Crippen MR) is 80.2 cm³/mol. The largest absolute Gasteiger partial charge is 0.369 e. The Kier molecular flexibility index (Phi) is 4.34. The second-order valence-corrected chi connectivity index (χ2v) is 7.89. The molecule has 0 aliphatic carbocycles. The lowest BCUT2D eigenvalue weighted by Crippen LogP contribution is -2.43. The van der Waals surface area contributed by atoms with Crippen molar-refractivity contribution in [3.05, 3.63) is 18.3 Å². The lowest BCUT2D eigenvalue weighted by atomic mass is 9.85. The van der Waals surface area contributed by atoms with Gasteiger partial charge >= 0.3 is 0 Å². The maximum absolute atomic E-state index is 12.8. The molecule has 0 atom stereocenters. The van der Waals surface area contributed by atoms with Crippen molar-refractivity contribution in [2.75, 3.05) is 25.0 Å². The van der Waals surface area contributed by atoms with E-state index in [1.165, 1.54) is 0 Å². The molecule has 0 amide bonds. The molecule has 2 rings (SSSR count). The third kappa shape index (κ3) is 3.12. The Morgan fingerprint density at radius 2 is 2.20 bits per heavy atom. The van der Waals surface area contributed by atoms with Gasteiger partial charge in [-0.25, -0.2) is 13.4 Å². The zero-order valence-electron chi connectivity index (χ0n) is 12.4. The van der Waals surface area contributed by atoms with Crippen LogP contribution in [0.15, 0.2) is 23.2 Å². The van der Waals surface area contributed by atoms with E-state index in [4.69, 9.17) is 0 Å². The fourth-order valence-corrected chi connectivity index (χ4v) is 4.40. The van der Waals surface area contributed by atoms with Crippen molar-refractivity contribution < 1.29 is 8.42 Å². The predicted octanol–water partition coefficient (Wildman–Crippen LogP) is 2.32. The Hall–Kier alpha value is -1.14. The van der Waals surface area contributed by atoms with Crippen LogP contribution in [0.4, 0.5) is 5.82 Å². The summed E-state index contributed by atoms with van der Waals surface area (Å²) in [7, 11) is -3.48. The van der Waals surface area contributed by atoms with Crippen LogP contribution in [0.3, 0.4) is 0 Å². The first-order valence-electron chi connectivity index (χ1n) is 7.06. The van der Waals surface area contributed by atoms with E-state index in [1.807, 2.05) is 6.92 Å². The molecule has 2 heterocycles. The van der Waals surface area contributed by atoms with E-state index in [-0.39, 0.29) is 10.3 Å². The van der Waals surface area contributed by atoms with E-state index >= 15 is 0 Å². The first kappa shape index (κ1) is 15.3. The number of hydrogen-bond donors (Lipinski definition) is 1. The van der Waals surface area contributed by atoms with Crippen molar-refractivity contribution in [2.45, 2.75) is 38.5 Å². The van der Waals surface area contributed by atoms with Crippen LogP contribution in [0.5, 0.6) is 0 Å². The van der Waals surface area contributed by atoms with E-state index in [0.29, 0.717) is 25.5 Å².